The number of carbonyl (C=O) groups excluding carboxylic acids is 2. The summed E-state index contributed by atoms with van der Waals surface area (Å²) < 4.78 is 89.6. The van der Waals surface area contributed by atoms with Gasteiger partial charge in [-0.05, 0) is 63.9 Å². The summed E-state index contributed by atoms with van der Waals surface area (Å²) in [4.78, 5) is 22.8. The number of nitrogens with one attached hydrogen (secondary N) is 2. The molecule has 2 rings (SSSR count). The summed E-state index contributed by atoms with van der Waals surface area (Å²) in [5.41, 5.74) is 0. The van der Waals surface area contributed by atoms with E-state index in [9.17, 15) is 36.6 Å². The maximum absolute atomic E-state index is 11.7. The van der Waals surface area contributed by atoms with E-state index in [0.717, 1.165) is 103 Å². The van der Waals surface area contributed by atoms with Crippen molar-refractivity contribution < 1.29 is 68.9 Å². The van der Waals surface area contributed by atoms with Gasteiger partial charge >= 0.3 is 26.7 Å². The monoisotopic (exact) mass is 802 g/mol. The van der Waals surface area contributed by atoms with Crippen LogP contribution < -0.4 is 10.0 Å². The third-order valence-corrected chi connectivity index (χ3v) is 10.4. The Balaban J connectivity index is 1.49. The number of esters is 1. The molecule has 0 aromatic carbocycles. The zero-order valence-electron chi connectivity index (χ0n) is 30.9. The fraction of sp³-hybridized carbons (Fsp3) is 0.882. The first-order valence-electron chi connectivity index (χ1n) is 18.8. The lowest BCUT2D eigenvalue weighted by molar-refractivity contribution is -0.198. The van der Waals surface area contributed by atoms with Gasteiger partial charge in [0.25, 0.3) is 0 Å². The molecule has 6 unspecified atom stereocenters. The van der Waals surface area contributed by atoms with Crippen LogP contribution in [0.1, 0.15) is 122 Å². The number of hydrogen-bond donors (Lipinski definition) is 6. The van der Waals surface area contributed by atoms with Crippen LogP contribution in [-0.2, 0) is 53.4 Å². The summed E-state index contributed by atoms with van der Waals surface area (Å²) >= 11 is 0. The minimum atomic E-state index is -4.79. The van der Waals surface area contributed by atoms with E-state index >= 15 is 0 Å². The number of unbranched alkanes of at least 4 members (excludes halogenated alkanes) is 9. The molecule has 19 heteroatoms. The number of carbonyl (C=O) groups is 2. The standard InChI is InChI=1S/C34H62N2O15S2/c1-47-33(40)24-35-32(39)20-12-6-2-5-11-18-30-31-19-15-22-34(50-30,51-31)21-13-8-10-17-29(38)28(37)16-9-4-3-7-14-23-48-25-27(36-52(41,42)43)26-49-53(44,45)46/h12,20,27-31,36-38H,2-11,13-19,21-26H2,1H3,(H,35,39)(H,41,42,43)(H,44,45,46). The van der Waals surface area contributed by atoms with Crippen LogP contribution in [0.15, 0.2) is 12.2 Å². The molecule has 1 amide bonds. The highest BCUT2D eigenvalue weighted by Crippen LogP contribution is 2.44. The lowest BCUT2D eigenvalue weighted by Gasteiger charge is -2.31. The molecule has 6 N–H and O–H groups in total. The van der Waals surface area contributed by atoms with Crippen LogP contribution in [0.5, 0.6) is 0 Å². The van der Waals surface area contributed by atoms with Gasteiger partial charge in [0.1, 0.15) is 6.54 Å². The van der Waals surface area contributed by atoms with Gasteiger partial charge in [-0.25, -0.2) is 4.18 Å². The molecule has 0 aromatic rings. The van der Waals surface area contributed by atoms with E-state index in [1.807, 2.05) is 6.08 Å². The average molecular weight is 803 g/mol. The summed E-state index contributed by atoms with van der Waals surface area (Å²) in [6.07, 6.45) is 18.0. The second-order valence-electron chi connectivity index (χ2n) is 13.8. The van der Waals surface area contributed by atoms with Crippen molar-refractivity contribution in [3.8, 4) is 0 Å². The van der Waals surface area contributed by atoms with Gasteiger partial charge in [-0.15, -0.1) is 0 Å². The third-order valence-electron chi connectivity index (χ3n) is 9.30. The van der Waals surface area contributed by atoms with E-state index in [0.29, 0.717) is 19.3 Å². The first-order chi connectivity index (χ1) is 25.1. The van der Waals surface area contributed by atoms with Crippen molar-refractivity contribution in [2.45, 2.75) is 158 Å². The van der Waals surface area contributed by atoms with Crippen LogP contribution in [0.4, 0.5) is 0 Å². The Labute approximate surface area is 314 Å². The molecule has 0 aliphatic carbocycles. The first-order valence-corrected chi connectivity index (χ1v) is 21.6. The summed E-state index contributed by atoms with van der Waals surface area (Å²) in [6, 6.07) is -1.22. The summed E-state index contributed by atoms with van der Waals surface area (Å²) in [6.45, 7) is -0.924. The highest BCUT2D eigenvalue weighted by molar-refractivity contribution is 7.83. The molecule has 310 valence electrons. The second kappa shape index (κ2) is 25.4. The Morgan fingerprint density at radius 3 is 2.23 bits per heavy atom. The van der Waals surface area contributed by atoms with Crippen LogP contribution in [-0.4, -0.2) is 118 Å². The Morgan fingerprint density at radius 1 is 0.887 bits per heavy atom. The van der Waals surface area contributed by atoms with Crippen LogP contribution in [0.2, 0.25) is 0 Å². The molecule has 2 heterocycles. The molecule has 0 radical (unpaired) electrons. The topological polar surface area (TPSA) is 254 Å². The van der Waals surface area contributed by atoms with Gasteiger partial charge in [0.2, 0.25) is 5.91 Å². The number of methoxy groups -OCH3 is 1. The highest BCUT2D eigenvalue weighted by atomic mass is 32.3. The maximum atomic E-state index is 11.7. The summed E-state index contributed by atoms with van der Waals surface area (Å²) in [7, 11) is -8.15. The summed E-state index contributed by atoms with van der Waals surface area (Å²) in [5, 5.41) is 23.3. The van der Waals surface area contributed by atoms with E-state index in [1.165, 1.54) is 13.2 Å². The van der Waals surface area contributed by atoms with Crippen molar-refractivity contribution in [3.05, 3.63) is 12.2 Å². The average Bonchev–Trinajstić information content (AvgIpc) is 3.34. The van der Waals surface area contributed by atoms with Gasteiger partial charge in [0.05, 0.1) is 50.8 Å². The van der Waals surface area contributed by atoms with E-state index in [2.05, 4.69) is 14.2 Å². The van der Waals surface area contributed by atoms with Crippen molar-refractivity contribution >= 4 is 32.6 Å². The van der Waals surface area contributed by atoms with Crippen LogP contribution in [0, 0.1) is 0 Å². The van der Waals surface area contributed by atoms with E-state index in [1.54, 1.807) is 4.72 Å². The Hall–Kier alpha value is -1.78. The molecule has 53 heavy (non-hydrogen) atoms. The molecular formula is C34H62N2O15S2. The highest BCUT2D eigenvalue weighted by Gasteiger charge is 2.49. The predicted molar refractivity (Wildman–Crippen MR) is 193 cm³/mol. The molecule has 0 aromatic heterocycles. The smallest absolute Gasteiger partial charge is 0.397 e. The minimum Gasteiger partial charge on any atom is -0.468 e. The van der Waals surface area contributed by atoms with E-state index in [4.69, 9.17) is 23.3 Å². The van der Waals surface area contributed by atoms with Gasteiger partial charge in [-0.1, -0.05) is 57.4 Å². The third kappa shape index (κ3) is 22.4. The number of ether oxygens (including phenoxy) is 4. The molecule has 2 aliphatic rings. The zero-order chi connectivity index (χ0) is 39.2. The molecule has 0 spiro atoms. The fourth-order valence-corrected chi connectivity index (χ4v) is 7.43. The zero-order valence-corrected chi connectivity index (χ0v) is 32.5. The molecule has 17 nitrogen and oxygen atoms in total. The summed E-state index contributed by atoms with van der Waals surface area (Å²) in [5.74, 6) is -1.32. The van der Waals surface area contributed by atoms with Crippen LogP contribution in [0.3, 0.4) is 0 Å². The van der Waals surface area contributed by atoms with E-state index < -0.39 is 57.3 Å². The number of hydrogen-bond acceptors (Lipinski definition) is 13. The van der Waals surface area contributed by atoms with Gasteiger partial charge in [-0.3, -0.25) is 18.7 Å². The Morgan fingerprint density at radius 2 is 1.55 bits per heavy atom. The number of allylic oxidation sites excluding steroid dienone is 1. The molecule has 0 saturated carbocycles. The van der Waals surface area contributed by atoms with Crippen LogP contribution in [0.25, 0.3) is 0 Å². The van der Waals surface area contributed by atoms with Crippen LogP contribution >= 0.6 is 0 Å². The first kappa shape index (κ1) is 47.4. The molecular weight excluding hydrogens is 741 g/mol. The number of aliphatic hydroxyl groups is 2. The van der Waals surface area contributed by atoms with Crippen molar-refractivity contribution in [1.82, 2.24) is 10.0 Å². The number of aliphatic hydroxyl groups excluding tert-OH is 2. The minimum absolute atomic E-state index is 0.0987. The Kier molecular flexibility index (Phi) is 22.7. The van der Waals surface area contributed by atoms with E-state index in [-0.39, 0.29) is 37.9 Å². The molecule has 6 atom stereocenters. The molecule has 2 saturated heterocycles. The quantitative estimate of drug-likeness (QED) is 0.0255. The van der Waals surface area contributed by atoms with Gasteiger partial charge in [-0.2, -0.15) is 21.6 Å². The Bertz CT molecular complexity index is 1300. The van der Waals surface area contributed by atoms with Crippen molar-refractivity contribution in [1.29, 1.82) is 0 Å². The van der Waals surface area contributed by atoms with Gasteiger partial charge in [0.15, 0.2) is 5.79 Å². The lowest BCUT2D eigenvalue weighted by atomic mass is 9.95. The number of fused-ring (bicyclic) bond motifs is 2. The van der Waals surface area contributed by atoms with Crippen molar-refractivity contribution in [2.24, 2.45) is 0 Å². The number of rotatable bonds is 31. The number of amides is 1. The largest absolute Gasteiger partial charge is 0.468 e. The molecule has 2 aliphatic heterocycles. The predicted octanol–water partition coefficient (Wildman–Crippen LogP) is 3.06. The molecule has 2 bridgehead atoms. The van der Waals surface area contributed by atoms with Gasteiger partial charge < -0.3 is 34.5 Å². The normalized spacial score (nSPS) is 22.1. The fourth-order valence-electron chi connectivity index (χ4n) is 6.54. The maximum Gasteiger partial charge on any atom is 0.397 e. The van der Waals surface area contributed by atoms with Gasteiger partial charge in [0, 0.05) is 19.4 Å². The van der Waals surface area contributed by atoms with Crippen molar-refractivity contribution in [2.75, 3.05) is 33.5 Å². The van der Waals surface area contributed by atoms with Crippen molar-refractivity contribution in [3.63, 3.8) is 0 Å². The molecule has 2 fully saturated rings. The lowest BCUT2D eigenvalue weighted by Crippen LogP contribution is -2.41. The second-order valence-corrected chi connectivity index (χ2v) is 16.1. The SMILES string of the molecule is COC(=O)CNC(=O)C=CCCCCCC1OC2(CCCCCC(O)C(O)CCCCCCCOCC(COS(=O)(=O)O)NS(=O)(=O)O)CCCC1O2.